The molecule has 2 heterocycles. The Kier molecular flexibility index (Phi) is 3.19. The van der Waals surface area contributed by atoms with Crippen LogP contribution in [-0.2, 0) is 4.79 Å². The van der Waals surface area contributed by atoms with Gasteiger partial charge in [-0.25, -0.2) is 4.68 Å². The van der Waals surface area contributed by atoms with Gasteiger partial charge in [0.25, 0.3) is 0 Å². The molecule has 0 saturated heterocycles. The van der Waals surface area contributed by atoms with Crippen molar-refractivity contribution in [1.82, 2.24) is 20.2 Å². The highest BCUT2D eigenvalue weighted by Crippen LogP contribution is 2.26. The normalized spacial score (nSPS) is 12.6. The number of hydrogen-bond acceptors (Lipinski definition) is 5. The van der Waals surface area contributed by atoms with E-state index in [1.54, 1.807) is 22.9 Å². The predicted octanol–water partition coefficient (Wildman–Crippen LogP) is 1.75. The first-order valence-corrected chi connectivity index (χ1v) is 6.06. The van der Waals surface area contributed by atoms with Crippen molar-refractivity contribution in [1.29, 1.82) is 0 Å². The number of aromatic nitrogens is 4. The van der Waals surface area contributed by atoms with Crippen molar-refractivity contribution in [2.75, 3.05) is 0 Å². The molecule has 0 aliphatic heterocycles. The second kappa shape index (κ2) is 4.62. The maximum Gasteiger partial charge on any atom is 0.305 e. The van der Waals surface area contributed by atoms with Gasteiger partial charge in [0, 0.05) is 10.9 Å². The third-order valence-corrected chi connectivity index (χ3v) is 3.34. The second-order valence-corrected chi connectivity index (χ2v) is 4.61. The van der Waals surface area contributed by atoms with Crippen LogP contribution < -0.4 is 0 Å². The van der Waals surface area contributed by atoms with Crippen molar-refractivity contribution in [2.24, 2.45) is 0 Å². The third-order valence-electron chi connectivity index (χ3n) is 2.48. The van der Waals surface area contributed by atoms with E-state index in [0.717, 1.165) is 11.1 Å². The Hall–Kier alpha value is -1.76. The Bertz CT molecular complexity index is 534. The Morgan fingerprint density at radius 2 is 2.35 bits per heavy atom. The lowest BCUT2D eigenvalue weighted by molar-refractivity contribution is -0.137. The standard InChI is InChI=1S/C10H12N4O2S/c1-6-4-17-5-8(6)10-11-12-13-14(10)7(2)3-9(15)16/h4-5,7H,3H2,1-2H3,(H,15,16). The molecule has 2 rings (SSSR count). The molecule has 2 aromatic rings. The van der Waals surface area contributed by atoms with Crippen LogP contribution in [0.25, 0.3) is 11.4 Å². The molecule has 6 nitrogen and oxygen atoms in total. The number of nitrogens with zero attached hydrogens (tertiary/aromatic N) is 4. The molecule has 0 fully saturated rings. The van der Waals surface area contributed by atoms with Gasteiger partial charge in [-0.15, -0.1) is 5.10 Å². The maximum atomic E-state index is 10.7. The van der Waals surface area contributed by atoms with Crippen molar-refractivity contribution in [3.8, 4) is 11.4 Å². The lowest BCUT2D eigenvalue weighted by atomic mass is 10.2. The average Bonchev–Trinajstić information content (AvgIpc) is 2.83. The zero-order valence-corrected chi connectivity index (χ0v) is 10.3. The highest BCUT2D eigenvalue weighted by molar-refractivity contribution is 7.08. The van der Waals surface area contributed by atoms with Crippen molar-refractivity contribution >= 4 is 17.3 Å². The first-order chi connectivity index (χ1) is 8.09. The Morgan fingerprint density at radius 3 is 2.94 bits per heavy atom. The molecule has 1 unspecified atom stereocenters. The van der Waals surface area contributed by atoms with E-state index in [9.17, 15) is 4.79 Å². The van der Waals surface area contributed by atoms with Crippen LogP contribution in [0.5, 0.6) is 0 Å². The fraction of sp³-hybridized carbons (Fsp3) is 0.400. The van der Waals surface area contributed by atoms with E-state index < -0.39 is 5.97 Å². The van der Waals surface area contributed by atoms with Crippen LogP contribution in [0.4, 0.5) is 0 Å². The predicted molar refractivity (Wildman–Crippen MR) is 62.8 cm³/mol. The van der Waals surface area contributed by atoms with Gasteiger partial charge in [-0.3, -0.25) is 4.79 Å². The molecule has 1 atom stereocenters. The summed E-state index contributed by atoms with van der Waals surface area (Å²) in [5.74, 6) is -0.238. The Labute approximate surface area is 102 Å². The Balaban J connectivity index is 2.35. The quantitative estimate of drug-likeness (QED) is 0.896. The number of carbonyl (C=O) groups is 1. The van der Waals surface area contributed by atoms with E-state index >= 15 is 0 Å². The van der Waals surface area contributed by atoms with Crippen molar-refractivity contribution in [3.05, 3.63) is 16.3 Å². The maximum absolute atomic E-state index is 10.7. The summed E-state index contributed by atoms with van der Waals surface area (Å²) >= 11 is 1.57. The van der Waals surface area contributed by atoms with Crippen LogP contribution in [-0.4, -0.2) is 31.3 Å². The van der Waals surface area contributed by atoms with Gasteiger partial charge in [-0.1, -0.05) is 0 Å². The fourth-order valence-corrected chi connectivity index (χ4v) is 2.42. The molecule has 2 aromatic heterocycles. The number of aryl methyl sites for hydroxylation is 1. The molecule has 0 radical (unpaired) electrons. The SMILES string of the molecule is Cc1cscc1-c1nnnn1C(C)CC(=O)O. The van der Waals surface area contributed by atoms with Crippen LogP contribution in [0.1, 0.15) is 24.9 Å². The van der Waals surface area contributed by atoms with Gasteiger partial charge >= 0.3 is 5.97 Å². The highest BCUT2D eigenvalue weighted by Gasteiger charge is 2.18. The minimum Gasteiger partial charge on any atom is -0.481 e. The molecule has 1 N–H and O–H groups in total. The number of aliphatic carboxylic acids is 1. The average molecular weight is 252 g/mol. The lowest BCUT2D eigenvalue weighted by Crippen LogP contribution is -2.13. The van der Waals surface area contributed by atoms with E-state index in [1.807, 2.05) is 17.7 Å². The van der Waals surface area contributed by atoms with Gasteiger partial charge in [0.05, 0.1) is 12.5 Å². The summed E-state index contributed by atoms with van der Waals surface area (Å²) in [4.78, 5) is 10.7. The van der Waals surface area contributed by atoms with E-state index in [0.29, 0.717) is 5.82 Å². The van der Waals surface area contributed by atoms with Gasteiger partial charge in [-0.2, -0.15) is 11.3 Å². The zero-order chi connectivity index (χ0) is 12.4. The summed E-state index contributed by atoms with van der Waals surface area (Å²) < 4.78 is 1.56. The summed E-state index contributed by atoms with van der Waals surface area (Å²) in [6.07, 6.45) is 0.00122. The van der Waals surface area contributed by atoms with Crippen LogP contribution in [0.15, 0.2) is 10.8 Å². The molecule has 0 aromatic carbocycles. The molecule has 0 aliphatic rings. The largest absolute Gasteiger partial charge is 0.481 e. The number of thiophene rings is 1. The van der Waals surface area contributed by atoms with Crippen molar-refractivity contribution in [3.63, 3.8) is 0 Å². The number of rotatable bonds is 4. The topological polar surface area (TPSA) is 80.9 Å². The first kappa shape index (κ1) is 11.7. The first-order valence-electron chi connectivity index (χ1n) is 5.12. The molecule has 0 amide bonds. The number of tetrazole rings is 1. The van der Waals surface area contributed by atoms with Gasteiger partial charge in [0.15, 0.2) is 5.82 Å². The van der Waals surface area contributed by atoms with E-state index in [4.69, 9.17) is 5.11 Å². The van der Waals surface area contributed by atoms with E-state index in [2.05, 4.69) is 15.5 Å². The number of hydrogen-bond donors (Lipinski definition) is 1. The lowest BCUT2D eigenvalue weighted by Gasteiger charge is -2.10. The van der Waals surface area contributed by atoms with Crippen molar-refractivity contribution in [2.45, 2.75) is 26.3 Å². The zero-order valence-electron chi connectivity index (χ0n) is 9.49. The fourth-order valence-electron chi connectivity index (χ4n) is 1.60. The number of carboxylic acid groups (broad SMARTS) is 1. The highest BCUT2D eigenvalue weighted by atomic mass is 32.1. The summed E-state index contributed by atoms with van der Waals surface area (Å²) in [5.41, 5.74) is 2.05. The molecule has 0 saturated carbocycles. The van der Waals surface area contributed by atoms with Gasteiger partial charge in [0.1, 0.15) is 0 Å². The summed E-state index contributed by atoms with van der Waals surface area (Å²) in [6, 6.07) is -0.267. The van der Waals surface area contributed by atoms with Gasteiger partial charge in [0.2, 0.25) is 0 Å². The smallest absolute Gasteiger partial charge is 0.305 e. The van der Waals surface area contributed by atoms with Crippen molar-refractivity contribution < 1.29 is 9.90 Å². The second-order valence-electron chi connectivity index (χ2n) is 3.86. The van der Waals surface area contributed by atoms with Crippen LogP contribution >= 0.6 is 11.3 Å². The minimum absolute atomic E-state index is 0.00122. The summed E-state index contributed by atoms with van der Waals surface area (Å²) in [6.45, 7) is 3.77. The van der Waals surface area contributed by atoms with E-state index in [-0.39, 0.29) is 12.5 Å². The minimum atomic E-state index is -0.860. The molecule has 0 spiro atoms. The van der Waals surface area contributed by atoms with E-state index in [1.165, 1.54) is 0 Å². The molecule has 0 bridgehead atoms. The van der Waals surface area contributed by atoms with Crippen LogP contribution in [0.2, 0.25) is 0 Å². The molecule has 7 heteroatoms. The van der Waals surface area contributed by atoms with Crippen LogP contribution in [0, 0.1) is 6.92 Å². The van der Waals surface area contributed by atoms with Gasteiger partial charge in [-0.05, 0) is 35.2 Å². The molecule has 0 aliphatic carbocycles. The molecular formula is C10H12N4O2S. The van der Waals surface area contributed by atoms with Crippen LogP contribution in [0.3, 0.4) is 0 Å². The number of carboxylic acids is 1. The third kappa shape index (κ3) is 2.33. The summed E-state index contributed by atoms with van der Waals surface area (Å²) in [5, 5.41) is 24.2. The summed E-state index contributed by atoms with van der Waals surface area (Å²) in [7, 11) is 0. The molecular weight excluding hydrogens is 240 g/mol. The monoisotopic (exact) mass is 252 g/mol. The molecule has 17 heavy (non-hydrogen) atoms. The van der Waals surface area contributed by atoms with Gasteiger partial charge < -0.3 is 5.11 Å². The Morgan fingerprint density at radius 1 is 1.59 bits per heavy atom. The molecule has 90 valence electrons.